The molecule has 5 aliphatic rings. The molecule has 0 aromatic heterocycles. The maximum atomic E-state index is 15.7. The van der Waals surface area contributed by atoms with E-state index in [1.165, 1.54) is 16.3 Å². The van der Waals surface area contributed by atoms with Crippen molar-refractivity contribution in [2.45, 2.75) is 115 Å². The van der Waals surface area contributed by atoms with Crippen molar-refractivity contribution in [1.29, 1.82) is 0 Å². The number of amides is 3. The highest BCUT2D eigenvalue weighted by Gasteiger charge is 2.67. The Bertz CT molecular complexity index is 2240. The molecule has 0 unspecified atom stereocenters. The van der Waals surface area contributed by atoms with Crippen molar-refractivity contribution in [3.05, 3.63) is 102 Å². The van der Waals surface area contributed by atoms with Crippen LogP contribution in [0.2, 0.25) is 18.6 Å². The molecule has 5 aliphatic heterocycles. The van der Waals surface area contributed by atoms with Crippen LogP contribution in [0, 0.1) is 5.92 Å². The number of benzene rings is 3. The number of hydrogen-bond acceptors (Lipinski definition) is 8. The summed E-state index contributed by atoms with van der Waals surface area (Å²) in [5, 5.41) is 14.9. The van der Waals surface area contributed by atoms with E-state index in [4.69, 9.17) is 9.47 Å². The third-order valence-electron chi connectivity index (χ3n) is 15.1. The maximum absolute atomic E-state index is 15.7. The van der Waals surface area contributed by atoms with Gasteiger partial charge in [-0.15, -0.1) is 0 Å². The summed E-state index contributed by atoms with van der Waals surface area (Å²) >= 11 is 0. The van der Waals surface area contributed by atoms with E-state index < -0.39 is 25.3 Å². The maximum Gasteiger partial charge on any atom is 0.264 e. The SMILES string of the molecule is COc1ccc([Si](C)(C)[C@@H]2[C@@H](CC(=O)N3CCC[C@H]3CO)O[C@]3(C(=O)N(C/C=C(\C)CCC=C(C)C)c4ccc(N5CN(c6ccccc6)C6(CCNCC6)C5=O)cc43)[C@H]2C)cc1. The number of methoxy groups -OCH3 is 1. The average molecular weight is 874 g/mol. The first-order valence-corrected chi connectivity index (χ1v) is 26.2. The number of piperidine rings is 1. The molecule has 0 aliphatic carbocycles. The fourth-order valence-corrected chi connectivity index (χ4v) is 15.6. The quantitative estimate of drug-likeness (QED) is 0.136. The van der Waals surface area contributed by atoms with Gasteiger partial charge in [0.1, 0.15) is 11.3 Å². The number of fused-ring (bicyclic) bond motifs is 2. The molecule has 3 aromatic rings. The number of para-hydroxylation sites is 1. The molecule has 2 N–H and O–H groups in total. The van der Waals surface area contributed by atoms with Crippen LogP contribution in [0.1, 0.15) is 78.2 Å². The summed E-state index contributed by atoms with van der Waals surface area (Å²) < 4.78 is 13.0. The molecule has 0 saturated carbocycles. The molecule has 63 heavy (non-hydrogen) atoms. The first-order valence-electron chi connectivity index (χ1n) is 23.1. The lowest BCUT2D eigenvalue weighted by Crippen LogP contribution is -2.55. The Hall–Kier alpha value is -4.75. The highest BCUT2D eigenvalue weighted by atomic mass is 28.3. The molecule has 336 valence electrons. The van der Waals surface area contributed by atoms with Gasteiger partial charge in [0.05, 0.1) is 52.7 Å². The van der Waals surface area contributed by atoms with Gasteiger partial charge in [0.2, 0.25) is 5.91 Å². The number of allylic oxidation sites excluding steroid dienone is 3. The minimum atomic E-state index is -2.56. The molecule has 3 aromatic carbocycles. The highest BCUT2D eigenvalue weighted by Crippen LogP contribution is 2.60. The van der Waals surface area contributed by atoms with Crippen LogP contribution in [-0.2, 0) is 24.7 Å². The van der Waals surface area contributed by atoms with Crippen LogP contribution < -0.4 is 29.9 Å². The van der Waals surface area contributed by atoms with Crippen LogP contribution >= 0.6 is 0 Å². The average Bonchev–Trinajstić information content (AvgIpc) is 4.02. The Kier molecular flexibility index (Phi) is 12.8. The fraction of sp³-hybridized carbons (Fsp3) is 0.510. The second-order valence-corrected chi connectivity index (χ2v) is 24.0. The van der Waals surface area contributed by atoms with Gasteiger partial charge in [-0.25, -0.2) is 0 Å². The predicted molar refractivity (Wildman–Crippen MR) is 253 cm³/mol. The molecule has 0 bridgehead atoms. The number of aliphatic hydroxyl groups is 1. The van der Waals surface area contributed by atoms with Crippen molar-refractivity contribution in [2.24, 2.45) is 5.92 Å². The van der Waals surface area contributed by atoms with Crippen LogP contribution in [0.25, 0.3) is 0 Å². The smallest absolute Gasteiger partial charge is 0.264 e. The monoisotopic (exact) mass is 873 g/mol. The number of rotatable bonds is 13. The van der Waals surface area contributed by atoms with E-state index in [2.05, 4.69) is 93.5 Å². The predicted octanol–water partition coefficient (Wildman–Crippen LogP) is 7.26. The summed E-state index contributed by atoms with van der Waals surface area (Å²) in [6, 6.07) is 24.3. The molecule has 2 spiro atoms. The van der Waals surface area contributed by atoms with Crippen LogP contribution in [0.5, 0.6) is 5.75 Å². The number of hydrogen-bond donors (Lipinski definition) is 2. The van der Waals surface area contributed by atoms with Crippen LogP contribution in [0.3, 0.4) is 0 Å². The van der Waals surface area contributed by atoms with E-state index in [9.17, 15) is 14.7 Å². The van der Waals surface area contributed by atoms with E-state index in [1.54, 1.807) is 7.11 Å². The van der Waals surface area contributed by atoms with Gasteiger partial charge in [-0.2, -0.15) is 0 Å². The Morgan fingerprint density at radius 1 is 0.968 bits per heavy atom. The first kappa shape index (κ1) is 44.8. The zero-order valence-corrected chi connectivity index (χ0v) is 39.4. The van der Waals surface area contributed by atoms with Crippen molar-refractivity contribution in [3.63, 3.8) is 0 Å². The number of ether oxygens (including phenoxy) is 2. The van der Waals surface area contributed by atoms with Gasteiger partial charge in [0.15, 0.2) is 5.60 Å². The number of carbonyl (C=O) groups is 3. The topological polar surface area (TPSA) is 115 Å². The molecule has 11 nitrogen and oxygen atoms in total. The highest BCUT2D eigenvalue weighted by molar-refractivity contribution is 6.91. The third kappa shape index (κ3) is 7.95. The number of anilines is 3. The number of carbonyl (C=O) groups excluding carboxylic acids is 3. The summed E-state index contributed by atoms with van der Waals surface area (Å²) in [6.45, 7) is 15.9. The minimum Gasteiger partial charge on any atom is -0.497 e. The zero-order chi connectivity index (χ0) is 44.7. The van der Waals surface area contributed by atoms with E-state index in [0.29, 0.717) is 32.6 Å². The summed E-state index contributed by atoms with van der Waals surface area (Å²) in [7, 11) is -0.892. The lowest BCUT2D eigenvalue weighted by Gasteiger charge is -2.39. The van der Waals surface area contributed by atoms with Crippen molar-refractivity contribution in [2.75, 3.05) is 61.3 Å². The van der Waals surface area contributed by atoms with Crippen molar-refractivity contribution in [3.8, 4) is 5.75 Å². The largest absolute Gasteiger partial charge is 0.497 e. The Balaban J connectivity index is 1.24. The molecule has 5 atom stereocenters. The first-order chi connectivity index (χ1) is 30.3. The number of nitrogens with one attached hydrogen (secondary N) is 1. The van der Waals surface area contributed by atoms with Crippen molar-refractivity contribution < 1.29 is 29.0 Å². The van der Waals surface area contributed by atoms with Gasteiger partial charge in [0, 0.05) is 35.9 Å². The number of aliphatic hydroxyl groups excluding tert-OH is 1. The fourth-order valence-electron chi connectivity index (χ4n) is 11.6. The van der Waals surface area contributed by atoms with E-state index >= 15 is 4.79 Å². The second-order valence-electron chi connectivity index (χ2n) is 19.3. The van der Waals surface area contributed by atoms with Gasteiger partial charge in [-0.1, -0.05) is 78.8 Å². The Morgan fingerprint density at radius 3 is 2.38 bits per heavy atom. The molecule has 12 heteroatoms. The summed E-state index contributed by atoms with van der Waals surface area (Å²) in [6.07, 6.45) is 8.75. The third-order valence-corrected chi connectivity index (χ3v) is 19.4. The van der Waals surface area contributed by atoms with Crippen LogP contribution in [-0.4, -0.2) is 100 Å². The molecule has 5 heterocycles. The normalized spacial score (nSPS) is 25.7. The minimum absolute atomic E-state index is 0.0486. The van der Waals surface area contributed by atoms with E-state index in [-0.39, 0.29) is 48.3 Å². The lowest BCUT2D eigenvalue weighted by atomic mass is 9.82. The van der Waals surface area contributed by atoms with Crippen LogP contribution in [0.15, 0.2) is 96.1 Å². The number of nitrogens with zero attached hydrogens (tertiary/aromatic N) is 4. The molecule has 3 amide bonds. The second kappa shape index (κ2) is 18.0. The van der Waals surface area contributed by atoms with Gasteiger partial charge in [-0.05, 0) is 120 Å². The molecule has 0 radical (unpaired) electrons. The molecular formula is C51H67N5O6Si. The van der Waals surface area contributed by atoms with Gasteiger partial charge < -0.3 is 34.6 Å². The van der Waals surface area contributed by atoms with E-state index in [0.717, 1.165) is 67.1 Å². The lowest BCUT2D eigenvalue weighted by molar-refractivity contribution is -0.149. The molecular weight excluding hydrogens is 807 g/mol. The van der Waals surface area contributed by atoms with Crippen LogP contribution in [0.4, 0.5) is 17.1 Å². The van der Waals surface area contributed by atoms with Crippen molar-refractivity contribution in [1.82, 2.24) is 10.2 Å². The molecule has 4 saturated heterocycles. The number of likely N-dealkylation sites (tertiary alicyclic amines) is 1. The van der Waals surface area contributed by atoms with Gasteiger partial charge in [0.25, 0.3) is 11.8 Å². The standard InChI is InChI=1S/C51H67N5O6Si/c1-35(2)13-11-14-36(3)24-30-54-44-23-18-39(55-34-56(38-15-9-8-10-16-38)50(48(55)59)25-27-52-28-26-50)31-43(44)51(49(54)60)37(4)47(63(6,7)42-21-19-41(61-5)20-22-42)45(62-51)32-46(58)53-29-12-17-40(53)33-57/h8-10,13,15-16,18-24,31,37,40,45,47,52,57H,11-12,14,17,25-30,32-34H2,1-7H3/b36-24+/t37-,40-,45+,47-,51+/m0/s1. The van der Waals surface area contributed by atoms with Crippen molar-refractivity contribution >= 4 is 48.0 Å². The van der Waals surface area contributed by atoms with Gasteiger partial charge in [-0.3, -0.25) is 19.3 Å². The Morgan fingerprint density at radius 2 is 1.70 bits per heavy atom. The summed E-state index contributed by atoms with van der Waals surface area (Å²) in [4.78, 5) is 53.0. The zero-order valence-electron chi connectivity index (χ0n) is 38.4. The summed E-state index contributed by atoms with van der Waals surface area (Å²) in [5.41, 5.74) is 3.52. The van der Waals surface area contributed by atoms with E-state index in [1.807, 2.05) is 57.2 Å². The van der Waals surface area contributed by atoms with Gasteiger partial charge >= 0.3 is 0 Å². The molecule has 4 fully saturated rings. The molecule has 8 rings (SSSR count). The Labute approximate surface area is 375 Å². The summed E-state index contributed by atoms with van der Waals surface area (Å²) in [5.74, 6) is 0.334.